The second-order valence-corrected chi connectivity index (χ2v) is 5.16. The van der Waals surface area contributed by atoms with Gasteiger partial charge in [-0.15, -0.1) is 0 Å². The number of rotatable bonds is 9. The molecule has 0 saturated carbocycles. The summed E-state index contributed by atoms with van der Waals surface area (Å²) in [5.74, 6) is -0.968. The van der Waals surface area contributed by atoms with E-state index in [1.807, 2.05) is 6.92 Å². The zero-order valence-electron chi connectivity index (χ0n) is 11.9. The Morgan fingerprint density at radius 2 is 2.00 bits per heavy atom. The van der Waals surface area contributed by atoms with E-state index in [4.69, 9.17) is 9.84 Å². The highest BCUT2D eigenvalue weighted by Gasteiger charge is 2.32. The highest BCUT2D eigenvalue weighted by molar-refractivity contribution is 5.81. The van der Waals surface area contributed by atoms with Crippen LogP contribution in [0.4, 0.5) is 0 Å². The summed E-state index contributed by atoms with van der Waals surface area (Å²) in [6.07, 6.45) is 0.531. The second-order valence-electron chi connectivity index (χ2n) is 5.16. The molecule has 0 aliphatic heterocycles. The topological polar surface area (TPSA) is 95.9 Å². The van der Waals surface area contributed by atoms with Crippen molar-refractivity contribution in [1.82, 2.24) is 5.32 Å². The van der Waals surface area contributed by atoms with E-state index >= 15 is 0 Å². The molecule has 112 valence electrons. The van der Waals surface area contributed by atoms with Gasteiger partial charge in [0.25, 0.3) is 0 Å². The fourth-order valence-electron chi connectivity index (χ4n) is 1.23. The molecule has 1 atom stereocenters. The number of amides is 1. The molecule has 0 aromatic heterocycles. The first-order valence-corrected chi connectivity index (χ1v) is 6.57. The molecule has 19 heavy (non-hydrogen) atoms. The minimum atomic E-state index is -1.31. The minimum absolute atomic E-state index is 0.0712. The lowest BCUT2D eigenvalue weighted by atomic mass is 9.87. The van der Waals surface area contributed by atoms with Gasteiger partial charge in [0.1, 0.15) is 6.10 Å². The summed E-state index contributed by atoms with van der Waals surface area (Å²) >= 11 is 0. The molecule has 6 heteroatoms. The summed E-state index contributed by atoms with van der Waals surface area (Å²) in [6, 6.07) is 0. The summed E-state index contributed by atoms with van der Waals surface area (Å²) in [6.45, 7) is 5.36. The number of carbonyl (C=O) groups is 2. The highest BCUT2D eigenvalue weighted by Crippen LogP contribution is 2.19. The van der Waals surface area contributed by atoms with Crippen LogP contribution in [0.3, 0.4) is 0 Å². The molecule has 0 aliphatic rings. The van der Waals surface area contributed by atoms with E-state index < -0.39 is 17.4 Å². The third-order valence-electron chi connectivity index (χ3n) is 2.79. The number of ether oxygens (including phenoxy) is 1. The monoisotopic (exact) mass is 275 g/mol. The molecular weight excluding hydrogens is 250 g/mol. The van der Waals surface area contributed by atoms with E-state index in [-0.39, 0.29) is 25.5 Å². The van der Waals surface area contributed by atoms with Crippen LogP contribution in [-0.4, -0.2) is 48.0 Å². The fraction of sp³-hybridized carbons (Fsp3) is 0.846. The van der Waals surface area contributed by atoms with Crippen LogP contribution in [0.5, 0.6) is 0 Å². The number of esters is 1. The lowest BCUT2D eigenvalue weighted by Crippen LogP contribution is -2.46. The van der Waals surface area contributed by atoms with Crippen molar-refractivity contribution in [2.45, 2.75) is 46.1 Å². The first-order valence-electron chi connectivity index (χ1n) is 6.57. The van der Waals surface area contributed by atoms with Crippen LogP contribution < -0.4 is 5.32 Å². The van der Waals surface area contributed by atoms with Crippen molar-refractivity contribution >= 4 is 11.9 Å². The van der Waals surface area contributed by atoms with Crippen molar-refractivity contribution in [3.05, 3.63) is 0 Å². The van der Waals surface area contributed by atoms with Crippen LogP contribution in [0, 0.1) is 5.41 Å². The second kappa shape index (κ2) is 8.87. The van der Waals surface area contributed by atoms with Gasteiger partial charge in [-0.2, -0.15) is 0 Å². The average molecular weight is 275 g/mol. The first-order chi connectivity index (χ1) is 8.85. The lowest BCUT2D eigenvalue weighted by molar-refractivity contribution is -0.144. The maximum Gasteiger partial charge on any atom is 0.307 e. The smallest absolute Gasteiger partial charge is 0.307 e. The largest absolute Gasteiger partial charge is 0.466 e. The van der Waals surface area contributed by atoms with Gasteiger partial charge in [-0.1, -0.05) is 27.2 Å². The molecule has 0 saturated heterocycles. The molecule has 0 unspecified atom stereocenters. The van der Waals surface area contributed by atoms with Crippen LogP contribution in [-0.2, 0) is 14.3 Å². The number of nitrogens with one attached hydrogen (secondary N) is 1. The van der Waals surface area contributed by atoms with Gasteiger partial charge < -0.3 is 20.3 Å². The van der Waals surface area contributed by atoms with Gasteiger partial charge in [-0.25, -0.2) is 0 Å². The van der Waals surface area contributed by atoms with Gasteiger partial charge in [0, 0.05) is 12.0 Å². The highest BCUT2D eigenvalue weighted by atomic mass is 16.5. The molecule has 0 aromatic rings. The molecule has 0 rings (SSSR count). The number of hydrogen-bond acceptors (Lipinski definition) is 5. The SMILES string of the molecule is CCCCOC(=O)CCNC(=O)[C@H](O)C(C)(C)CO. The Balaban J connectivity index is 3.88. The molecule has 0 bridgehead atoms. The van der Waals surface area contributed by atoms with E-state index in [1.165, 1.54) is 0 Å². The maximum atomic E-state index is 11.6. The zero-order valence-corrected chi connectivity index (χ0v) is 11.9. The Bertz CT molecular complexity index is 291. The number of hydrogen-bond donors (Lipinski definition) is 3. The first kappa shape index (κ1) is 17.9. The normalized spacial score (nSPS) is 12.9. The molecule has 0 heterocycles. The number of carbonyl (C=O) groups excluding carboxylic acids is 2. The molecular formula is C13H25NO5. The van der Waals surface area contributed by atoms with Gasteiger partial charge in [0.2, 0.25) is 5.91 Å². The minimum Gasteiger partial charge on any atom is -0.466 e. The summed E-state index contributed by atoms with van der Waals surface area (Å²) in [5, 5.41) is 21.2. The third kappa shape index (κ3) is 7.12. The molecule has 6 nitrogen and oxygen atoms in total. The van der Waals surface area contributed by atoms with Crippen molar-refractivity contribution < 1.29 is 24.5 Å². The standard InChI is InChI=1S/C13H25NO5/c1-4-5-8-19-10(16)6-7-14-12(18)11(17)13(2,3)9-15/h11,15,17H,4-9H2,1-3H3,(H,14,18)/t11-/m0/s1. The van der Waals surface area contributed by atoms with E-state index in [9.17, 15) is 14.7 Å². The summed E-state index contributed by atoms with van der Waals surface area (Å²) in [4.78, 5) is 22.8. The van der Waals surface area contributed by atoms with E-state index in [2.05, 4.69) is 5.32 Å². The van der Waals surface area contributed by atoms with Crippen molar-refractivity contribution in [2.75, 3.05) is 19.8 Å². The van der Waals surface area contributed by atoms with Crippen molar-refractivity contribution in [2.24, 2.45) is 5.41 Å². The molecule has 0 fully saturated rings. The van der Waals surface area contributed by atoms with Crippen LogP contribution >= 0.6 is 0 Å². The quantitative estimate of drug-likeness (QED) is 0.413. The Morgan fingerprint density at radius 1 is 1.37 bits per heavy atom. The van der Waals surface area contributed by atoms with Gasteiger partial charge >= 0.3 is 5.97 Å². The van der Waals surface area contributed by atoms with Crippen LogP contribution in [0.2, 0.25) is 0 Å². The Morgan fingerprint density at radius 3 is 2.53 bits per heavy atom. The maximum absolute atomic E-state index is 11.6. The Labute approximate surface area is 114 Å². The van der Waals surface area contributed by atoms with E-state index in [1.54, 1.807) is 13.8 Å². The summed E-state index contributed by atoms with van der Waals surface area (Å²) in [5.41, 5.74) is -0.911. The van der Waals surface area contributed by atoms with Crippen molar-refractivity contribution in [3.63, 3.8) is 0 Å². The zero-order chi connectivity index (χ0) is 14.9. The summed E-state index contributed by atoms with van der Waals surface area (Å²) < 4.78 is 4.92. The van der Waals surface area contributed by atoms with Crippen LogP contribution in [0.1, 0.15) is 40.0 Å². The number of unbranched alkanes of at least 4 members (excludes halogenated alkanes) is 1. The van der Waals surface area contributed by atoms with Crippen LogP contribution in [0.15, 0.2) is 0 Å². The average Bonchev–Trinajstić information content (AvgIpc) is 2.38. The molecule has 0 spiro atoms. The van der Waals surface area contributed by atoms with Crippen molar-refractivity contribution in [1.29, 1.82) is 0 Å². The molecule has 0 aromatic carbocycles. The molecule has 1 amide bonds. The lowest BCUT2D eigenvalue weighted by Gasteiger charge is -2.27. The predicted molar refractivity (Wildman–Crippen MR) is 70.4 cm³/mol. The van der Waals surface area contributed by atoms with Crippen LogP contribution in [0.25, 0.3) is 0 Å². The molecule has 3 N–H and O–H groups in total. The molecule has 0 aliphatic carbocycles. The molecule has 0 radical (unpaired) electrons. The van der Waals surface area contributed by atoms with E-state index in [0.29, 0.717) is 6.61 Å². The van der Waals surface area contributed by atoms with Gasteiger partial charge in [-0.3, -0.25) is 9.59 Å². The van der Waals surface area contributed by atoms with Gasteiger partial charge in [0.05, 0.1) is 19.6 Å². The van der Waals surface area contributed by atoms with Crippen molar-refractivity contribution in [3.8, 4) is 0 Å². The predicted octanol–water partition coefficient (Wildman–Crippen LogP) is 0.215. The van der Waals surface area contributed by atoms with Gasteiger partial charge in [0.15, 0.2) is 0 Å². The third-order valence-corrected chi connectivity index (χ3v) is 2.79. The number of aliphatic hydroxyl groups is 2. The Hall–Kier alpha value is -1.14. The summed E-state index contributed by atoms with van der Waals surface area (Å²) in [7, 11) is 0. The number of aliphatic hydroxyl groups excluding tert-OH is 2. The Kier molecular flexibility index (Phi) is 8.34. The van der Waals surface area contributed by atoms with Gasteiger partial charge in [-0.05, 0) is 6.42 Å². The van der Waals surface area contributed by atoms with E-state index in [0.717, 1.165) is 12.8 Å². The fourth-order valence-corrected chi connectivity index (χ4v) is 1.23.